The molecule has 0 aliphatic rings. The first-order valence-corrected chi connectivity index (χ1v) is 8.05. The Balaban J connectivity index is 1.82. The van der Waals surface area contributed by atoms with Gasteiger partial charge in [0, 0.05) is 18.7 Å². The van der Waals surface area contributed by atoms with Crippen LogP contribution in [0.25, 0.3) is 0 Å². The third-order valence-corrected chi connectivity index (χ3v) is 3.36. The second-order valence-corrected chi connectivity index (χ2v) is 5.31. The number of rotatable bonds is 9. The second-order valence-electron chi connectivity index (χ2n) is 5.31. The first-order chi connectivity index (χ1) is 11.3. The standard InChI is InChI=1S/C19H24N2O2/c1-2-11-20-12-13-21-19(22)17-9-6-10-18(14-17)23-15-16-7-4-3-5-8-16/h3-10,14,20H,2,11-13,15H2,1H3,(H,21,22). The van der Waals surface area contributed by atoms with Crippen LogP contribution in [0.15, 0.2) is 54.6 Å². The Morgan fingerprint density at radius 3 is 2.61 bits per heavy atom. The highest BCUT2D eigenvalue weighted by Gasteiger charge is 2.06. The lowest BCUT2D eigenvalue weighted by molar-refractivity contribution is 0.0953. The molecule has 0 saturated heterocycles. The first kappa shape index (κ1) is 17.0. The molecule has 0 heterocycles. The second kappa shape index (κ2) is 9.64. The predicted molar refractivity (Wildman–Crippen MR) is 92.7 cm³/mol. The van der Waals surface area contributed by atoms with Gasteiger partial charge in [-0.2, -0.15) is 0 Å². The van der Waals surface area contributed by atoms with Gasteiger partial charge in [0.1, 0.15) is 12.4 Å². The van der Waals surface area contributed by atoms with Gasteiger partial charge in [-0.3, -0.25) is 4.79 Å². The molecule has 2 aromatic rings. The van der Waals surface area contributed by atoms with E-state index in [4.69, 9.17) is 4.74 Å². The maximum Gasteiger partial charge on any atom is 0.251 e. The van der Waals surface area contributed by atoms with Gasteiger partial charge in [0.05, 0.1) is 0 Å². The van der Waals surface area contributed by atoms with Gasteiger partial charge in [-0.1, -0.05) is 43.3 Å². The van der Waals surface area contributed by atoms with Crippen molar-refractivity contribution in [3.8, 4) is 5.75 Å². The lowest BCUT2D eigenvalue weighted by atomic mass is 10.2. The molecule has 0 saturated carbocycles. The fourth-order valence-corrected chi connectivity index (χ4v) is 2.14. The van der Waals surface area contributed by atoms with E-state index in [2.05, 4.69) is 17.6 Å². The van der Waals surface area contributed by atoms with Crippen LogP contribution in [0, 0.1) is 0 Å². The molecule has 0 aliphatic carbocycles. The summed E-state index contributed by atoms with van der Waals surface area (Å²) in [6.45, 7) is 4.98. The summed E-state index contributed by atoms with van der Waals surface area (Å²) in [5, 5.41) is 6.15. The summed E-state index contributed by atoms with van der Waals surface area (Å²) >= 11 is 0. The highest BCUT2D eigenvalue weighted by molar-refractivity contribution is 5.94. The first-order valence-electron chi connectivity index (χ1n) is 8.05. The van der Waals surface area contributed by atoms with Gasteiger partial charge in [-0.15, -0.1) is 0 Å². The van der Waals surface area contributed by atoms with Crippen LogP contribution in [0.1, 0.15) is 29.3 Å². The zero-order chi connectivity index (χ0) is 16.3. The van der Waals surface area contributed by atoms with Crippen molar-refractivity contribution < 1.29 is 9.53 Å². The Bertz CT molecular complexity index is 599. The van der Waals surface area contributed by atoms with Gasteiger partial charge in [-0.25, -0.2) is 0 Å². The Hall–Kier alpha value is -2.33. The maximum atomic E-state index is 12.1. The van der Waals surface area contributed by atoms with E-state index >= 15 is 0 Å². The molecule has 0 atom stereocenters. The Morgan fingerprint density at radius 2 is 1.83 bits per heavy atom. The average molecular weight is 312 g/mol. The van der Waals surface area contributed by atoms with E-state index in [1.807, 2.05) is 42.5 Å². The fourth-order valence-electron chi connectivity index (χ4n) is 2.14. The van der Waals surface area contributed by atoms with Crippen molar-refractivity contribution >= 4 is 5.91 Å². The molecule has 0 fully saturated rings. The molecule has 1 amide bonds. The van der Waals surface area contributed by atoms with E-state index in [1.54, 1.807) is 12.1 Å². The van der Waals surface area contributed by atoms with Crippen molar-refractivity contribution in [1.82, 2.24) is 10.6 Å². The summed E-state index contributed by atoms with van der Waals surface area (Å²) in [7, 11) is 0. The van der Waals surface area contributed by atoms with Crippen molar-refractivity contribution in [2.45, 2.75) is 20.0 Å². The number of hydrogen-bond donors (Lipinski definition) is 2. The smallest absolute Gasteiger partial charge is 0.251 e. The number of nitrogens with one attached hydrogen (secondary N) is 2. The molecule has 0 bridgehead atoms. The number of hydrogen-bond acceptors (Lipinski definition) is 3. The minimum atomic E-state index is -0.0755. The van der Waals surface area contributed by atoms with E-state index in [0.717, 1.165) is 25.1 Å². The molecule has 0 unspecified atom stereocenters. The van der Waals surface area contributed by atoms with Crippen molar-refractivity contribution in [2.24, 2.45) is 0 Å². The molecule has 4 nitrogen and oxygen atoms in total. The van der Waals surface area contributed by atoms with Gasteiger partial charge in [0.15, 0.2) is 0 Å². The molecule has 2 rings (SSSR count). The SMILES string of the molecule is CCCNCCNC(=O)c1cccc(OCc2ccccc2)c1. The van der Waals surface area contributed by atoms with Crippen LogP contribution >= 0.6 is 0 Å². The summed E-state index contributed by atoms with van der Waals surface area (Å²) in [6, 6.07) is 17.2. The Labute approximate surface area is 137 Å². The third kappa shape index (κ3) is 6.12. The molecule has 0 aromatic heterocycles. The normalized spacial score (nSPS) is 10.3. The van der Waals surface area contributed by atoms with Gasteiger partial charge >= 0.3 is 0 Å². The Kier molecular flexibility index (Phi) is 7.14. The minimum Gasteiger partial charge on any atom is -0.489 e. The number of carbonyl (C=O) groups excluding carboxylic acids is 1. The van der Waals surface area contributed by atoms with Crippen LogP contribution in [0.4, 0.5) is 0 Å². The molecular formula is C19H24N2O2. The van der Waals surface area contributed by atoms with Crippen LogP contribution in [-0.2, 0) is 6.61 Å². The van der Waals surface area contributed by atoms with Crippen LogP contribution in [-0.4, -0.2) is 25.5 Å². The average Bonchev–Trinajstić information content (AvgIpc) is 2.61. The third-order valence-electron chi connectivity index (χ3n) is 3.36. The molecule has 2 aromatic carbocycles. The molecular weight excluding hydrogens is 288 g/mol. The number of benzene rings is 2. The van der Waals surface area contributed by atoms with Crippen LogP contribution < -0.4 is 15.4 Å². The molecule has 0 radical (unpaired) electrons. The molecule has 122 valence electrons. The minimum absolute atomic E-state index is 0.0755. The van der Waals surface area contributed by atoms with E-state index in [1.165, 1.54) is 0 Å². The van der Waals surface area contributed by atoms with E-state index < -0.39 is 0 Å². The number of carbonyl (C=O) groups is 1. The zero-order valence-corrected chi connectivity index (χ0v) is 13.5. The van der Waals surface area contributed by atoms with Crippen LogP contribution in [0.2, 0.25) is 0 Å². The molecule has 23 heavy (non-hydrogen) atoms. The fraction of sp³-hybridized carbons (Fsp3) is 0.316. The van der Waals surface area contributed by atoms with Gasteiger partial charge in [-0.05, 0) is 36.7 Å². The van der Waals surface area contributed by atoms with Crippen LogP contribution in [0.3, 0.4) is 0 Å². The van der Waals surface area contributed by atoms with E-state index in [0.29, 0.717) is 24.5 Å². The molecule has 2 N–H and O–H groups in total. The molecule has 0 spiro atoms. The Morgan fingerprint density at radius 1 is 1.00 bits per heavy atom. The highest BCUT2D eigenvalue weighted by Crippen LogP contribution is 2.15. The van der Waals surface area contributed by atoms with E-state index in [9.17, 15) is 4.79 Å². The summed E-state index contributed by atoms with van der Waals surface area (Å²) < 4.78 is 5.75. The molecule has 4 heteroatoms. The highest BCUT2D eigenvalue weighted by atomic mass is 16.5. The predicted octanol–water partition coefficient (Wildman–Crippen LogP) is 3.00. The van der Waals surface area contributed by atoms with Crippen molar-refractivity contribution in [1.29, 1.82) is 0 Å². The molecule has 0 aliphatic heterocycles. The summed E-state index contributed by atoms with van der Waals surface area (Å²) in [5.41, 5.74) is 1.72. The zero-order valence-electron chi connectivity index (χ0n) is 13.5. The van der Waals surface area contributed by atoms with Gasteiger partial charge in [0.25, 0.3) is 5.91 Å². The lowest BCUT2D eigenvalue weighted by Gasteiger charge is -2.09. The van der Waals surface area contributed by atoms with Crippen molar-refractivity contribution in [2.75, 3.05) is 19.6 Å². The summed E-state index contributed by atoms with van der Waals surface area (Å²) in [4.78, 5) is 12.1. The van der Waals surface area contributed by atoms with Gasteiger partial charge in [0.2, 0.25) is 0 Å². The summed E-state index contributed by atoms with van der Waals surface area (Å²) in [6.07, 6.45) is 1.09. The quantitative estimate of drug-likeness (QED) is 0.700. The maximum absolute atomic E-state index is 12.1. The summed E-state index contributed by atoms with van der Waals surface area (Å²) in [5.74, 6) is 0.624. The monoisotopic (exact) mass is 312 g/mol. The van der Waals surface area contributed by atoms with Gasteiger partial charge < -0.3 is 15.4 Å². The topological polar surface area (TPSA) is 50.4 Å². The number of amides is 1. The van der Waals surface area contributed by atoms with Crippen molar-refractivity contribution in [3.05, 3.63) is 65.7 Å². The van der Waals surface area contributed by atoms with Crippen molar-refractivity contribution in [3.63, 3.8) is 0 Å². The lowest BCUT2D eigenvalue weighted by Crippen LogP contribution is -2.32. The van der Waals surface area contributed by atoms with E-state index in [-0.39, 0.29) is 5.91 Å². The number of ether oxygens (including phenoxy) is 1. The van der Waals surface area contributed by atoms with Crippen LogP contribution in [0.5, 0.6) is 5.75 Å². The largest absolute Gasteiger partial charge is 0.489 e.